The van der Waals surface area contributed by atoms with Crippen molar-refractivity contribution >= 4 is 0 Å². The lowest BCUT2D eigenvalue weighted by molar-refractivity contribution is 0.244. The fourth-order valence-electron chi connectivity index (χ4n) is 2.14. The third-order valence-corrected chi connectivity index (χ3v) is 3.46. The second-order valence-corrected chi connectivity index (χ2v) is 5.51. The summed E-state index contributed by atoms with van der Waals surface area (Å²) in [6.45, 7) is 10.8. The maximum atomic E-state index is 3.31. The summed E-state index contributed by atoms with van der Waals surface area (Å²) in [5.74, 6) is 0. The van der Waals surface area contributed by atoms with E-state index in [1.54, 1.807) is 0 Å². The molecule has 1 fully saturated rings. The molecule has 0 bridgehead atoms. The van der Waals surface area contributed by atoms with Crippen LogP contribution in [0.2, 0.25) is 0 Å². The average molecular weight is 198 g/mol. The summed E-state index contributed by atoms with van der Waals surface area (Å²) in [5, 5.41) is 3.31. The molecule has 0 aromatic rings. The first-order chi connectivity index (χ1) is 6.53. The monoisotopic (exact) mass is 198 g/mol. The van der Waals surface area contributed by atoms with E-state index in [0.717, 1.165) is 0 Å². The minimum atomic E-state index is 0.567. The van der Waals surface area contributed by atoms with Crippen molar-refractivity contribution in [3.05, 3.63) is 0 Å². The SMILES string of the molecule is CNC(C)CN1CCCC(C)(C)CC1. The molecular weight excluding hydrogens is 172 g/mol. The van der Waals surface area contributed by atoms with Crippen LogP contribution in [0.4, 0.5) is 0 Å². The van der Waals surface area contributed by atoms with Crippen LogP contribution in [0.15, 0.2) is 0 Å². The van der Waals surface area contributed by atoms with Crippen LogP contribution < -0.4 is 5.32 Å². The van der Waals surface area contributed by atoms with Gasteiger partial charge in [0.1, 0.15) is 0 Å². The highest BCUT2D eigenvalue weighted by Crippen LogP contribution is 2.29. The fourth-order valence-corrected chi connectivity index (χ4v) is 2.14. The molecule has 1 saturated heterocycles. The number of likely N-dealkylation sites (N-methyl/N-ethyl adjacent to an activating group) is 1. The van der Waals surface area contributed by atoms with Gasteiger partial charge >= 0.3 is 0 Å². The molecule has 0 radical (unpaired) electrons. The van der Waals surface area contributed by atoms with Crippen molar-refractivity contribution in [2.45, 2.75) is 46.1 Å². The van der Waals surface area contributed by atoms with Gasteiger partial charge in [0.2, 0.25) is 0 Å². The number of rotatable bonds is 3. The van der Waals surface area contributed by atoms with Crippen molar-refractivity contribution in [1.29, 1.82) is 0 Å². The van der Waals surface area contributed by atoms with E-state index in [4.69, 9.17) is 0 Å². The van der Waals surface area contributed by atoms with Crippen LogP contribution in [-0.4, -0.2) is 37.6 Å². The van der Waals surface area contributed by atoms with Crippen molar-refractivity contribution in [3.8, 4) is 0 Å². The van der Waals surface area contributed by atoms with E-state index in [1.807, 2.05) is 7.05 Å². The summed E-state index contributed by atoms with van der Waals surface area (Å²) >= 11 is 0. The molecule has 2 nitrogen and oxygen atoms in total. The van der Waals surface area contributed by atoms with Crippen LogP contribution in [0.1, 0.15) is 40.0 Å². The molecule has 1 heterocycles. The molecule has 1 atom stereocenters. The molecule has 1 rings (SSSR count). The first-order valence-corrected chi connectivity index (χ1v) is 5.93. The highest BCUT2D eigenvalue weighted by Gasteiger charge is 2.23. The Kier molecular flexibility index (Phi) is 4.39. The molecule has 0 aliphatic carbocycles. The summed E-state index contributed by atoms with van der Waals surface area (Å²) in [7, 11) is 2.05. The van der Waals surface area contributed by atoms with E-state index in [2.05, 4.69) is 31.0 Å². The van der Waals surface area contributed by atoms with E-state index in [1.165, 1.54) is 38.9 Å². The largest absolute Gasteiger partial charge is 0.316 e. The third-order valence-electron chi connectivity index (χ3n) is 3.46. The summed E-state index contributed by atoms with van der Waals surface area (Å²) in [5.41, 5.74) is 0.567. The molecule has 0 spiro atoms. The Morgan fingerprint density at radius 3 is 2.64 bits per heavy atom. The third kappa shape index (κ3) is 3.97. The standard InChI is InChI=1S/C12H26N2/c1-11(13-4)10-14-8-5-6-12(2,3)7-9-14/h11,13H,5-10H2,1-4H3. The van der Waals surface area contributed by atoms with E-state index < -0.39 is 0 Å². The van der Waals surface area contributed by atoms with Gasteiger partial charge in [-0.05, 0) is 51.7 Å². The van der Waals surface area contributed by atoms with Gasteiger partial charge < -0.3 is 10.2 Å². The van der Waals surface area contributed by atoms with E-state index >= 15 is 0 Å². The Labute approximate surface area is 89.1 Å². The van der Waals surface area contributed by atoms with Gasteiger partial charge in [-0.3, -0.25) is 0 Å². The van der Waals surface area contributed by atoms with Crippen molar-refractivity contribution < 1.29 is 0 Å². The van der Waals surface area contributed by atoms with Crippen LogP contribution in [-0.2, 0) is 0 Å². The lowest BCUT2D eigenvalue weighted by Crippen LogP contribution is -2.38. The zero-order valence-electron chi connectivity index (χ0n) is 10.3. The van der Waals surface area contributed by atoms with Gasteiger partial charge in [0.25, 0.3) is 0 Å². The summed E-state index contributed by atoms with van der Waals surface area (Å²) in [6, 6.07) is 0.621. The molecule has 1 aliphatic heterocycles. The number of nitrogens with zero attached hydrogens (tertiary/aromatic N) is 1. The Bertz CT molecular complexity index is 166. The zero-order chi connectivity index (χ0) is 10.6. The number of hydrogen-bond acceptors (Lipinski definition) is 2. The molecule has 0 saturated carbocycles. The molecule has 0 aromatic carbocycles. The van der Waals surface area contributed by atoms with Crippen molar-refractivity contribution in [2.75, 3.05) is 26.7 Å². The van der Waals surface area contributed by atoms with Crippen LogP contribution in [0.3, 0.4) is 0 Å². The number of likely N-dealkylation sites (tertiary alicyclic amines) is 1. The van der Waals surface area contributed by atoms with Gasteiger partial charge in [0.15, 0.2) is 0 Å². The lowest BCUT2D eigenvalue weighted by atomic mass is 9.85. The highest BCUT2D eigenvalue weighted by molar-refractivity contribution is 4.77. The van der Waals surface area contributed by atoms with Crippen LogP contribution in [0, 0.1) is 5.41 Å². The first-order valence-electron chi connectivity index (χ1n) is 5.93. The second-order valence-electron chi connectivity index (χ2n) is 5.51. The molecule has 1 aliphatic rings. The van der Waals surface area contributed by atoms with Gasteiger partial charge in [-0.15, -0.1) is 0 Å². The fraction of sp³-hybridized carbons (Fsp3) is 1.00. The molecule has 0 aromatic heterocycles. The smallest absolute Gasteiger partial charge is 0.0163 e. The Morgan fingerprint density at radius 1 is 1.29 bits per heavy atom. The van der Waals surface area contributed by atoms with Crippen LogP contribution in [0.25, 0.3) is 0 Å². The van der Waals surface area contributed by atoms with Gasteiger partial charge in [0, 0.05) is 12.6 Å². The second kappa shape index (κ2) is 5.13. The molecule has 84 valence electrons. The minimum Gasteiger partial charge on any atom is -0.316 e. The van der Waals surface area contributed by atoms with E-state index in [0.29, 0.717) is 11.5 Å². The molecule has 1 unspecified atom stereocenters. The molecule has 1 N–H and O–H groups in total. The maximum Gasteiger partial charge on any atom is 0.0163 e. The topological polar surface area (TPSA) is 15.3 Å². The van der Waals surface area contributed by atoms with Crippen molar-refractivity contribution in [1.82, 2.24) is 10.2 Å². The lowest BCUT2D eigenvalue weighted by Gasteiger charge is -2.25. The summed E-state index contributed by atoms with van der Waals surface area (Å²) < 4.78 is 0. The van der Waals surface area contributed by atoms with Gasteiger partial charge in [0.05, 0.1) is 0 Å². The summed E-state index contributed by atoms with van der Waals surface area (Å²) in [4.78, 5) is 2.61. The van der Waals surface area contributed by atoms with Gasteiger partial charge in [-0.25, -0.2) is 0 Å². The molecule has 0 amide bonds. The molecule has 2 heteroatoms. The predicted molar refractivity (Wildman–Crippen MR) is 62.6 cm³/mol. The van der Waals surface area contributed by atoms with Gasteiger partial charge in [-0.2, -0.15) is 0 Å². The van der Waals surface area contributed by atoms with Gasteiger partial charge in [-0.1, -0.05) is 13.8 Å². The Balaban J connectivity index is 2.35. The highest BCUT2D eigenvalue weighted by atomic mass is 15.1. The maximum absolute atomic E-state index is 3.31. The van der Waals surface area contributed by atoms with E-state index in [-0.39, 0.29) is 0 Å². The van der Waals surface area contributed by atoms with E-state index in [9.17, 15) is 0 Å². The van der Waals surface area contributed by atoms with Crippen LogP contribution in [0.5, 0.6) is 0 Å². The zero-order valence-corrected chi connectivity index (χ0v) is 10.3. The Hall–Kier alpha value is -0.0800. The average Bonchev–Trinajstić information content (AvgIpc) is 2.28. The Morgan fingerprint density at radius 2 is 2.00 bits per heavy atom. The summed E-state index contributed by atoms with van der Waals surface area (Å²) in [6.07, 6.45) is 4.10. The first kappa shape index (κ1) is 12.0. The number of hydrogen-bond donors (Lipinski definition) is 1. The molecular formula is C12H26N2. The minimum absolute atomic E-state index is 0.567. The van der Waals surface area contributed by atoms with Crippen LogP contribution >= 0.6 is 0 Å². The molecule has 14 heavy (non-hydrogen) atoms. The van der Waals surface area contributed by atoms with Crippen molar-refractivity contribution in [2.24, 2.45) is 5.41 Å². The normalized spacial score (nSPS) is 25.7. The number of nitrogens with one attached hydrogen (secondary N) is 1. The van der Waals surface area contributed by atoms with Crippen molar-refractivity contribution in [3.63, 3.8) is 0 Å². The predicted octanol–water partition coefficient (Wildman–Crippen LogP) is 2.11. The quantitative estimate of drug-likeness (QED) is 0.747.